The van der Waals surface area contributed by atoms with Crippen molar-refractivity contribution in [3.8, 4) is 11.5 Å². The SMILES string of the molecule is CCOc1ccc([C@@H](CC(=O)O)NC(=O)c2ccc(C)c(Br)c2)cc1OC. The molecule has 0 aromatic heterocycles. The van der Waals surface area contributed by atoms with Crippen molar-refractivity contribution >= 4 is 27.8 Å². The summed E-state index contributed by atoms with van der Waals surface area (Å²) < 4.78 is 11.6. The van der Waals surface area contributed by atoms with Crippen LogP contribution in [-0.2, 0) is 4.79 Å². The lowest BCUT2D eigenvalue weighted by Gasteiger charge is -2.19. The standard InChI is InChI=1S/C20H22BrNO5/c1-4-27-17-8-7-13(10-18(17)26-3)16(11-19(23)24)22-20(25)14-6-5-12(2)15(21)9-14/h5-10,16H,4,11H2,1-3H3,(H,22,25)(H,23,24)/t16-/m1/s1. The Bertz CT molecular complexity index is 837. The fourth-order valence-electron chi connectivity index (χ4n) is 2.58. The lowest BCUT2D eigenvalue weighted by atomic mass is 10.0. The van der Waals surface area contributed by atoms with Crippen LogP contribution in [0.15, 0.2) is 40.9 Å². The van der Waals surface area contributed by atoms with E-state index in [1.165, 1.54) is 7.11 Å². The first-order valence-corrected chi connectivity index (χ1v) is 9.24. The molecular weight excluding hydrogens is 414 g/mol. The lowest BCUT2D eigenvalue weighted by molar-refractivity contribution is -0.137. The van der Waals surface area contributed by atoms with E-state index in [2.05, 4.69) is 21.2 Å². The van der Waals surface area contributed by atoms with Crippen molar-refractivity contribution in [2.24, 2.45) is 0 Å². The Labute approximate surface area is 166 Å². The highest BCUT2D eigenvalue weighted by atomic mass is 79.9. The van der Waals surface area contributed by atoms with Gasteiger partial charge in [0.05, 0.1) is 26.2 Å². The number of rotatable bonds is 8. The van der Waals surface area contributed by atoms with Crippen LogP contribution in [0, 0.1) is 6.92 Å². The Morgan fingerprint density at radius 3 is 2.52 bits per heavy atom. The maximum absolute atomic E-state index is 12.6. The molecule has 27 heavy (non-hydrogen) atoms. The van der Waals surface area contributed by atoms with Crippen LogP contribution in [0.1, 0.15) is 40.9 Å². The third-order valence-electron chi connectivity index (χ3n) is 4.01. The number of methoxy groups -OCH3 is 1. The predicted molar refractivity (Wildman–Crippen MR) is 106 cm³/mol. The van der Waals surface area contributed by atoms with Crippen molar-refractivity contribution in [2.45, 2.75) is 26.3 Å². The van der Waals surface area contributed by atoms with Crippen molar-refractivity contribution in [1.29, 1.82) is 0 Å². The molecule has 7 heteroatoms. The number of aryl methyl sites for hydroxylation is 1. The van der Waals surface area contributed by atoms with E-state index >= 15 is 0 Å². The second-order valence-electron chi connectivity index (χ2n) is 5.93. The highest BCUT2D eigenvalue weighted by Gasteiger charge is 2.21. The smallest absolute Gasteiger partial charge is 0.305 e. The van der Waals surface area contributed by atoms with E-state index in [9.17, 15) is 14.7 Å². The lowest BCUT2D eigenvalue weighted by Crippen LogP contribution is -2.30. The Hall–Kier alpha value is -2.54. The summed E-state index contributed by atoms with van der Waals surface area (Å²) in [7, 11) is 1.51. The minimum absolute atomic E-state index is 0.254. The van der Waals surface area contributed by atoms with Crippen LogP contribution in [0.25, 0.3) is 0 Å². The molecule has 0 fully saturated rings. The summed E-state index contributed by atoms with van der Waals surface area (Å²) in [6.07, 6.45) is -0.254. The summed E-state index contributed by atoms with van der Waals surface area (Å²) in [6, 6.07) is 9.65. The van der Waals surface area contributed by atoms with Gasteiger partial charge in [-0.15, -0.1) is 0 Å². The molecule has 0 saturated heterocycles. The van der Waals surface area contributed by atoms with E-state index in [-0.39, 0.29) is 12.3 Å². The second-order valence-corrected chi connectivity index (χ2v) is 6.79. The average molecular weight is 436 g/mol. The van der Waals surface area contributed by atoms with Gasteiger partial charge >= 0.3 is 5.97 Å². The summed E-state index contributed by atoms with van der Waals surface area (Å²) in [4.78, 5) is 23.9. The zero-order valence-corrected chi connectivity index (χ0v) is 17.0. The Morgan fingerprint density at radius 1 is 1.19 bits per heavy atom. The van der Waals surface area contributed by atoms with E-state index in [0.29, 0.717) is 29.2 Å². The number of carbonyl (C=O) groups is 2. The monoisotopic (exact) mass is 435 g/mol. The number of carbonyl (C=O) groups excluding carboxylic acids is 1. The van der Waals surface area contributed by atoms with Gasteiger partial charge in [-0.05, 0) is 49.2 Å². The molecule has 0 radical (unpaired) electrons. The molecule has 1 amide bonds. The van der Waals surface area contributed by atoms with Crippen LogP contribution >= 0.6 is 15.9 Å². The molecular formula is C20H22BrNO5. The topological polar surface area (TPSA) is 84.9 Å². The number of ether oxygens (including phenoxy) is 2. The average Bonchev–Trinajstić information content (AvgIpc) is 2.63. The van der Waals surface area contributed by atoms with Gasteiger partial charge in [-0.3, -0.25) is 9.59 Å². The van der Waals surface area contributed by atoms with Crippen LogP contribution in [0.5, 0.6) is 11.5 Å². The summed E-state index contributed by atoms with van der Waals surface area (Å²) in [5, 5.41) is 12.1. The number of carboxylic acids is 1. The van der Waals surface area contributed by atoms with E-state index in [0.717, 1.165) is 10.0 Å². The molecule has 6 nitrogen and oxygen atoms in total. The molecule has 2 aromatic carbocycles. The van der Waals surface area contributed by atoms with Crippen LogP contribution in [0.2, 0.25) is 0 Å². The Balaban J connectivity index is 2.30. The molecule has 144 valence electrons. The van der Waals surface area contributed by atoms with Gasteiger partial charge in [-0.1, -0.05) is 28.1 Å². The normalized spacial score (nSPS) is 11.6. The Kier molecular flexibility index (Phi) is 7.24. The number of amides is 1. The predicted octanol–water partition coefficient (Wildman–Crippen LogP) is 4.11. The molecule has 2 aromatic rings. The molecule has 0 aliphatic heterocycles. The summed E-state index contributed by atoms with van der Waals surface area (Å²) in [6.45, 7) is 4.26. The minimum Gasteiger partial charge on any atom is -0.493 e. The molecule has 2 N–H and O–H groups in total. The van der Waals surface area contributed by atoms with Crippen molar-refractivity contribution < 1.29 is 24.2 Å². The van der Waals surface area contributed by atoms with Gasteiger partial charge in [-0.2, -0.15) is 0 Å². The van der Waals surface area contributed by atoms with Crippen LogP contribution in [-0.4, -0.2) is 30.7 Å². The number of nitrogens with one attached hydrogen (secondary N) is 1. The van der Waals surface area contributed by atoms with Crippen LogP contribution in [0.3, 0.4) is 0 Å². The fraction of sp³-hybridized carbons (Fsp3) is 0.300. The van der Waals surface area contributed by atoms with Crippen molar-refractivity contribution in [3.05, 3.63) is 57.6 Å². The Morgan fingerprint density at radius 2 is 1.93 bits per heavy atom. The molecule has 0 bridgehead atoms. The van der Waals surface area contributed by atoms with Crippen molar-refractivity contribution in [1.82, 2.24) is 5.32 Å². The number of carboxylic acid groups (broad SMARTS) is 1. The quantitative estimate of drug-likeness (QED) is 0.651. The first-order valence-electron chi connectivity index (χ1n) is 8.45. The van der Waals surface area contributed by atoms with Crippen molar-refractivity contribution in [2.75, 3.05) is 13.7 Å². The number of benzene rings is 2. The first-order chi connectivity index (χ1) is 12.8. The van der Waals surface area contributed by atoms with Crippen LogP contribution in [0.4, 0.5) is 0 Å². The third kappa shape index (κ3) is 5.47. The van der Waals surface area contributed by atoms with Crippen LogP contribution < -0.4 is 14.8 Å². The molecule has 1 atom stereocenters. The largest absolute Gasteiger partial charge is 0.493 e. The van der Waals surface area contributed by atoms with Crippen molar-refractivity contribution in [3.63, 3.8) is 0 Å². The molecule has 0 spiro atoms. The second kappa shape index (κ2) is 9.41. The number of hydrogen-bond donors (Lipinski definition) is 2. The summed E-state index contributed by atoms with van der Waals surface area (Å²) in [5.41, 5.74) is 2.07. The zero-order chi connectivity index (χ0) is 20.0. The number of hydrogen-bond acceptors (Lipinski definition) is 4. The minimum atomic E-state index is -1.02. The van der Waals surface area contributed by atoms with Gasteiger partial charge in [0.15, 0.2) is 11.5 Å². The van der Waals surface area contributed by atoms with Gasteiger partial charge in [0, 0.05) is 10.0 Å². The molecule has 0 heterocycles. The molecule has 0 aliphatic rings. The fourth-order valence-corrected chi connectivity index (χ4v) is 2.96. The maximum Gasteiger partial charge on any atom is 0.305 e. The molecule has 0 unspecified atom stereocenters. The van der Waals surface area contributed by atoms with Gasteiger partial charge in [0.25, 0.3) is 5.91 Å². The third-order valence-corrected chi connectivity index (χ3v) is 4.86. The zero-order valence-electron chi connectivity index (χ0n) is 15.4. The highest BCUT2D eigenvalue weighted by Crippen LogP contribution is 2.31. The van der Waals surface area contributed by atoms with E-state index in [4.69, 9.17) is 9.47 Å². The molecule has 0 aliphatic carbocycles. The van der Waals surface area contributed by atoms with E-state index < -0.39 is 12.0 Å². The highest BCUT2D eigenvalue weighted by molar-refractivity contribution is 9.10. The summed E-state index contributed by atoms with van der Waals surface area (Å²) in [5.74, 6) is -0.322. The summed E-state index contributed by atoms with van der Waals surface area (Å²) >= 11 is 3.40. The first kappa shape index (κ1) is 20.8. The van der Waals surface area contributed by atoms with E-state index in [1.807, 2.05) is 19.9 Å². The van der Waals surface area contributed by atoms with E-state index in [1.54, 1.807) is 30.3 Å². The molecule has 2 rings (SSSR count). The van der Waals surface area contributed by atoms with Gasteiger partial charge < -0.3 is 19.9 Å². The van der Waals surface area contributed by atoms with Gasteiger partial charge in [-0.25, -0.2) is 0 Å². The number of aliphatic carboxylic acids is 1. The van der Waals surface area contributed by atoms with Gasteiger partial charge in [0.2, 0.25) is 0 Å². The van der Waals surface area contributed by atoms with Gasteiger partial charge in [0.1, 0.15) is 0 Å². The number of halogens is 1. The molecule has 0 saturated carbocycles. The maximum atomic E-state index is 12.6.